The first-order valence-electron chi connectivity index (χ1n) is 6.18. The van der Waals surface area contributed by atoms with Gasteiger partial charge in [0.25, 0.3) is 0 Å². The van der Waals surface area contributed by atoms with Crippen LogP contribution < -0.4 is 5.30 Å². The minimum Gasteiger partial charge on any atom is -0.289 e. The first-order chi connectivity index (χ1) is 9.09. The summed E-state index contributed by atoms with van der Waals surface area (Å²) in [6, 6.07) is 14.8. The number of benzene rings is 2. The second kappa shape index (κ2) is 5.90. The molecule has 0 heterocycles. The van der Waals surface area contributed by atoms with E-state index in [1.54, 1.807) is 12.1 Å². The van der Waals surface area contributed by atoms with Gasteiger partial charge in [0.05, 0.1) is 0 Å². The molecule has 0 saturated carbocycles. The number of hydrogen-bond donors (Lipinski definition) is 0. The first kappa shape index (κ1) is 13.6. The molecule has 0 aliphatic rings. The Hall–Kier alpha value is -1.79. The Morgan fingerprint density at radius 1 is 0.947 bits per heavy atom. The second-order valence-corrected chi connectivity index (χ2v) is 6.09. The molecule has 3 heteroatoms. The summed E-state index contributed by atoms with van der Waals surface area (Å²) in [7, 11) is -1.68. The van der Waals surface area contributed by atoms with Crippen LogP contribution in [0.1, 0.15) is 21.5 Å². The molecule has 0 aromatic heterocycles. The molecule has 2 aromatic rings. The van der Waals surface area contributed by atoms with Gasteiger partial charge in [0.2, 0.25) is 11.9 Å². The van der Waals surface area contributed by atoms with E-state index in [0.717, 1.165) is 16.4 Å². The van der Waals surface area contributed by atoms with E-state index in [9.17, 15) is 9.36 Å². The van der Waals surface area contributed by atoms with E-state index >= 15 is 0 Å². The molecule has 1 atom stereocenters. The van der Waals surface area contributed by atoms with Gasteiger partial charge >= 0.3 is 7.80 Å². The highest BCUT2D eigenvalue weighted by Gasteiger charge is 2.28. The number of hydrogen-bond acceptors (Lipinski definition) is 2. The molecule has 0 N–H and O–H groups in total. The van der Waals surface area contributed by atoms with Crippen molar-refractivity contribution in [2.45, 2.75) is 13.8 Å². The summed E-state index contributed by atoms with van der Waals surface area (Å²) in [5.41, 5.74) is 2.60. The normalized spacial score (nSPS) is 11.2. The van der Waals surface area contributed by atoms with Gasteiger partial charge in [0.1, 0.15) is 0 Å². The molecule has 2 rings (SSSR count). The lowest BCUT2D eigenvalue weighted by atomic mass is 10.1. The molecule has 2 nitrogen and oxygen atoms in total. The molecule has 19 heavy (non-hydrogen) atoms. The van der Waals surface area contributed by atoms with Crippen molar-refractivity contribution in [3.8, 4) is 0 Å². The Morgan fingerprint density at radius 2 is 1.53 bits per heavy atom. The lowest BCUT2D eigenvalue weighted by molar-refractivity contribution is 0.102. The van der Waals surface area contributed by atoms with Crippen molar-refractivity contribution in [3.63, 3.8) is 0 Å². The third kappa shape index (κ3) is 3.15. The predicted octanol–water partition coefficient (Wildman–Crippen LogP) is 3.64. The number of rotatable bonds is 4. The zero-order valence-electron chi connectivity index (χ0n) is 11.1. The van der Waals surface area contributed by atoms with Crippen LogP contribution in [-0.4, -0.2) is 11.9 Å². The van der Waals surface area contributed by atoms with Crippen LogP contribution in [0.4, 0.5) is 0 Å². The molecule has 0 saturated heterocycles. The van der Waals surface area contributed by atoms with Crippen LogP contribution in [0.15, 0.2) is 48.5 Å². The minimum atomic E-state index is -1.68. The van der Waals surface area contributed by atoms with Crippen molar-refractivity contribution in [2.24, 2.45) is 0 Å². The highest BCUT2D eigenvalue weighted by molar-refractivity contribution is 7.54. The van der Waals surface area contributed by atoms with E-state index in [-0.39, 0.29) is 11.9 Å². The monoisotopic (exact) mass is 271 g/mol. The van der Waals surface area contributed by atoms with Gasteiger partial charge in [-0.25, -0.2) is 0 Å². The van der Waals surface area contributed by atoms with Crippen LogP contribution in [0.2, 0.25) is 0 Å². The van der Waals surface area contributed by atoms with Crippen LogP contribution >= 0.6 is 7.80 Å². The van der Waals surface area contributed by atoms with Crippen LogP contribution in [-0.2, 0) is 4.57 Å². The summed E-state index contributed by atoms with van der Waals surface area (Å²) in [5.74, 6) is -0.0654. The smallest absolute Gasteiger partial charge is 0.289 e. The van der Waals surface area contributed by atoms with E-state index in [4.69, 9.17) is 0 Å². The third-order valence-corrected chi connectivity index (χ3v) is 4.85. The Kier molecular flexibility index (Phi) is 4.24. The third-order valence-electron chi connectivity index (χ3n) is 3.07. The fourth-order valence-corrected chi connectivity index (χ4v) is 3.66. The predicted molar refractivity (Wildman–Crippen MR) is 78.8 cm³/mol. The van der Waals surface area contributed by atoms with Gasteiger partial charge in [-0.1, -0.05) is 53.1 Å². The summed E-state index contributed by atoms with van der Waals surface area (Å²) in [5, 5.41) is 0.821. The number of Topliss-reactive ketones (excluding diaryl/α,β-unsaturated/α-hetero) is 1. The van der Waals surface area contributed by atoms with Crippen LogP contribution in [0, 0.1) is 13.8 Å². The summed E-state index contributed by atoms with van der Waals surface area (Å²) in [4.78, 5) is 12.1. The Balaban J connectivity index is 2.21. The van der Waals surface area contributed by atoms with Crippen molar-refractivity contribution in [2.75, 3.05) is 6.16 Å². The molecule has 2 aromatic carbocycles. The fourth-order valence-electron chi connectivity index (χ4n) is 2.12. The van der Waals surface area contributed by atoms with Crippen molar-refractivity contribution in [1.29, 1.82) is 0 Å². The van der Waals surface area contributed by atoms with E-state index in [0.29, 0.717) is 5.56 Å². The molecule has 96 valence electrons. The SMILES string of the molecule is Cc1cccc(C)c1[P+](=O)CC(=O)c1ccccc1. The van der Waals surface area contributed by atoms with E-state index in [2.05, 4.69) is 0 Å². The van der Waals surface area contributed by atoms with Gasteiger partial charge in [0.15, 0.2) is 5.30 Å². The summed E-state index contributed by atoms with van der Waals surface area (Å²) in [6.07, 6.45) is 0.0744. The first-order valence-corrected chi connectivity index (χ1v) is 7.63. The maximum atomic E-state index is 12.4. The quantitative estimate of drug-likeness (QED) is 0.628. The molecule has 0 spiro atoms. The molecule has 1 unspecified atom stereocenters. The summed E-state index contributed by atoms with van der Waals surface area (Å²) >= 11 is 0. The number of ketones is 1. The average Bonchev–Trinajstić information content (AvgIpc) is 2.39. The molecule has 0 radical (unpaired) electrons. The van der Waals surface area contributed by atoms with Gasteiger partial charge in [-0.2, -0.15) is 0 Å². The Bertz CT molecular complexity index is 598. The molecule has 0 bridgehead atoms. The Labute approximate surface area is 114 Å². The lowest BCUT2D eigenvalue weighted by Gasteiger charge is -1.99. The van der Waals surface area contributed by atoms with Gasteiger partial charge in [-0.15, -0.1) is 0 Å². The van der Waals surface area contributed by atoms with Crippen molar-refractivity contribution >= 4 is 18.9 Å². The maximum absolute atomic E-state index is 12.4. The van der Waals surface area contributed by atoms with Gasteiger partial charge in [-0.05, 0) is 13.8 Å². The van der Waals surface area contributed by atoms with E-state index < -0.39 is 7.80 Å². The lowest BCUT2D eigenvalue weighted by Crippen LogP contribution is -2.12. The topological polar surface area (TPSA) is 34.1 Å². The molecular weight excluding hydrogens is 255 g/mol. The second-order valence-electron chi connectivity index (χ2n) is 4.57. The van der Waals surface area contributed by atoms with Crippen molar-refractivity contribution < 1.29 is 9.36 Å². The van der Waals surface area contributed by atoms with Gasteiger partial charge in [-0.3, -0.25) is 4.79 Å². The molecule has 0 amide bonds. The van der Waals surface area contributed by atoms with Crippen LogP contribution in [0.5, 0.6) is 0 Å². The molecule has 0 fully saturated rings. The average molecular weight is 271 g/mol. The molecular formula is C16H16O2P+. The largest absolute Gasteiger partial charge is 0.385 e. The number of aryl methyl sites for hydroxylation is 2. The molecule has 0 aliphatic heterocycles. The fraction of sp³-hybridized carbons (Fsp3) is 0.188. The van der Waals surface area contributed by atoms with Crippen LogP contribution in [0.25, 0.3) is 0 Å². The van der Waals surface area contributed by atoms with Crippen molar-refractivity contribution in [1.82, 2.24) is 0 Å². The zero-order chi connectivity index (χ0) is 13.8. The Morgan fingerprint density at radius 3 is 2.11 bits per heavy atom. The summed E-state index contributed by atoms with van der Waals surface area (Å²) < 4.78 is 12.4. The zero-order valence-corrected chi connectivity index (χ0v) is 12.0. The highest BCUT2D eigenvalue weighted by atomic mass is 31.1. The van der Waals surface area contributed by atoms with Crippen molar-refractivity contribution in [3.05, 3.63) is 65.2 Å². The highest BCUT2D eigenvalue weighted by Crippen LogP contribution is 2.25. The maximum Gasteiger partial charge on any atom is 0.385 e. The standard InChI is InChI=1S/C16H16O2P/c1-12-7-6-8-13(2)16(12)19(18)11-15(17)14-9-4-3-5-10-14/h3-10H,11H2,1-2H3/q+1. The summed E-state index contributed by atoms with van der Waals surface area (Å²) in [6.45, 7) is 3.87. The number of carbonyl (C=O) groups is 1. The van der Waals surface area contributed by atoms with Crippen LogP contribution in [0.3, 0.4) is 0 Å². The van der Waals surface area contributed by atoms with Gasteiger partial charge in [0, 0.05) is 16.7 Å². The number of carbonyl (C=O) groups excluding carboxylic acids is 1. The molecule has 0 aliphatic carbocycles. The van der Waals surface area contributed by atoms with E-state index in [1.807, 2.05) is 50.2 Å². The minimum absolute atomic E-state index is 0.0654. The van der Waals surface area contributed by atoms with E-state index in [1.165, 1.54) is 0 Å². The van der Waals surface area contributed by atoms with Gasteiger partial charge < -0.3 is 0 Å².